The Bertz CT molecular complexity index is 2820. The second kappa shape index (κ2) is 11.1. The molecule has 4 nitrogen and oxygen atoms in total. The third-order valence-electron chi connectivity index (χ3n) is 9.64. The van der Waals surface area contributed by atoms with Gasteiger partial charge in [-0.3, -0.25) is 0 Å². The summed E-state index contributed by atoms with van der Waals surface area (Å²) in [7, 11) is 0. The normalized spacial score (nSPS) is 11.3. The molecule has 0 unspecified atom stereocenters. The van der Waals surface area contributed by atoms with Crippen molar-refractivity contribution >= 4 is 49.3 Å². The van der Waals surface area contributed by atoms with Gasteiger partial charge < -0.3 is 9.13 Å². The maximum atomic E-state index is 10.0. The molecule has 7 aromatic carbocycles. The molecular formula is C45H28N4. The predicted octanol–water partition coefficient (Wildman–Crippen LogP) is 11.9. The lowest BCUT2D eigenvalue weighted by Gasteiger charge is -2.19. The number of benzene rings is 7. The summed E-state index contributed by atoms with van der Waals surface area (Å²) in [5.41, 5.74) is 12.7. The summed E-state index contributed by atoms with van der Waals surface area (Å²) < 4.78 is 4.52. The summed E-state index contributed by atoms with van der Waals surface area (Å²) in [4.78, 5) is 4.06. The van der Waals surface area contributed by atoms with E-state index in [1.54, 1.807) is 0 Å². The van der Waals surface area contributed by atoms with Crippen LogP contribution in [0.3, 0.4) is 0 Å². The highest BCUT2D eigenvalue weighted by molar-refractivity contribution is 6.13. The summed E-state index contributed by atoms with van der Waals surface area (Å²) in [6, 6.07) is 54.8. The van der Waals surface area contributed by atoms with Crippen LogP contribution in [0, 0.1) is 24.8 Å². The topological polar surface area (TPSA) is 38.0 Å². The van der Waals surface area contributed by atoms with Gasteiger partial charge in [-0.05, 0) is 77.7 Å². The quantitative estimate of drug-likeness (QED) is 0.180. The van der Waals surface area contributed by atoms with Crippen molar-refractivity contribution in [3.8, 4) is 39.7 Å². The zero-order chi connectivity index (χ0) is 33.1. The van der Waals surface area contributed by atoms with Crippen molar-refractivity contribution in [2.45, 2.75) is 6.92 Å². The van der Waals surface area contributed by atoms with Crippen LogP contribution in [-0.2, 0) is 0 Å². The van der Waals surface area contributed by atoms with Gasteiger partial charge in [0.1, 0.15) is 0 Å². The van der Waals surface area contributed by atoms with Crippen molar-refractivity contribution in [3.63, 3.8) is 0 Å². The summed E-state index contributed by atoms with van der Waals surface area (Å²) in [5, 5.41) is 14.4. The fourth-order valence-electron chi connectivity index (χ4n) is 7.58. The second-order valence-corrected chi connectivity index (χ2v) is 12.4. The van der Waals surface area contributed by atoms with E-state index in [2.05, 4.69) is 154 Å². The van der Waals surface area contributed by atoms with Gasteiger partial charge >= 0.3 is 0 Å². The van der Waals surface area contributed by atoms with Crippen molar-refractivity contribution in [1.29, 1.82) is 5.26 Å². The van der Waals surface area contributed by atoms with Gasteiger partial charge in [-0.1, -0.05) is 109 Å². The third-order valence-corrected chi connectivity index (χ3v) is 9.64. The molecule has 0 aliphatic rings. The Hall–Kier alpha value is -6.88. The van der Waals surface area contributed by atoms with Gasteiger partial charge in [-0.2, -0.15) is 5.26 Å². The highest BCUT2D eigenvalue weighted by atomic mass is 15.0. The van der Waals surface area contributed by atoms with Gasteiger partial charge in [0.15, 0.2) is 0 Å². The molecule has 0 bridgehead atoms. The van der Waals surface area contributed by atoms with Gasteiger partial charge in [0.25, 0.3) is 0 Å². The summed E-state index contributed by atoms with van der Waals surface area (Å²) in [5.74, 6) is 0. The number of para-hydroxylation sites is 3. The van der Waals surface area contributed by atoms with Crippen LogP contribution in [0.25, 0.3) is 82.1 Å². The van der Waals surface area contributed by atoms with E-state index in [-0.39, 0.29) is 0 Å². The number of nitrogens with zero attached hydrogens (tertiary/aromatic N) is 4. The van der Waals surface area contributed by atoms with Crippen LogP contribution in [-0.4, -0.2) is 9.13 Å². The van der Waals surface area contributed by atoms with E-state index in [4.69, 9.17) is 6.57 Å². The smallest absolute Gasteiger partial charge is 0.211 e. The fourth-order valence-corrected chi connectivity index (χ4v) is 7.58. The average molecular weight is 625 g/mol. The largest absolute Gasteiger partial charge is 0.318 e. The van der Waals surface area contributed by atoms with Crippen molar-refractivity contribution in [2.75, 3.05) is 0 Å². The molecule has 0 spiro atoms. The molecule has 0 radical (unpaired) electrons. The molecule has 228 valence electrons. The molecule has 0 N–H and O–H groups in total. The molecule has 0 amide bonds. The Labute approximate surface area is 283 Å². The lowest BCUT2D eigenvalue weighted by Crippen LogP contribution is -1.99. The van der Waals surface area contributed by atoms with Crippen molar-refractivity contribution in [1.82, 2.24) is 9.13 Å². The molecule has 49 heavy (non-hydrogen) atoms. The molecule has 0 saturated carbocycles. The molecule has 0 aliphatic carbocycles. The first kappa shape index (κ1) is 28.4. The third kappa shape index (κ3) is 4.29. The number of hydrogen-bond acceptors (Lipinski definition) is 1. The first-order valence-corrected chi connectivity index (χ1v) is 16.3. The number of aromatic nitrogens is 2. The molecule has 0 aliphatic heterocycles. The molecule has 0 fully saturated rings. The highest BCUT2D eigenvalue weighted by Crippen LogP contribution is 2.44. The zero-order valence-corrected chi connectivity index (χ0v) is 26.7. The van der Waals surface area contributed by atoms with Gasteiger partial charge in [0.2, 0.25) is 5.69 Å². The maximum Gasteiger partial charge on any atom is 0.211 e. The minimum Gasteiger partial charge on any atom is -0.318 e. The van der Waals surface area contributed by atoms with Crippen LogP contribution >= 0.6 is 0 Å². The standard InChI is InChI=1S/C45H28N4/c1-29-24-25-42-38(26-29)44-31(28-46)13-10-23-43(44)48(42)32-14-9-12-30(27-32)33-15-3-4-16-34(33)37-19-11-20-39(47-2)45(37)49-40-21-7-5-17-35(40)36-18-6-8-22-41(36)49/h3-27H,1H3. The zero-order valence-electron chi connectivity index (χ0n) is 26.7. The van der Waals surface area contributed by atoms with E-state index in [1.165, 1.54) is 0 Å². The SMILES string of the molecule is [C-]#[N+]c1cccc(-c2ccccc2-c2cccc(-n3c4ccc(C)cc4c4c(C#N)cccc43)c2)c1-n1c2ccccc2c2ccccc21. The minimum absolute atomic E-state index is 0.599. The lowest BCUT2D eigenvalue weighted by atomic mass is 9.92. The molecule has 4 heteroatoms. The van der Waals surface area contributed by atoms with E-state index in [1.807, 2.05) is 24.3 Å². The van der Waals surface area contributed by atoms with Gasteiger partial charge in [0, 0.05) is 27.2 Å². The monoisotopic (exact) mass is 624 g/mol. The highest BCUT2D eigenvalue weighted by Gasteiger charge is 2.21. The predicted molar refractivity (Wildman–Crippen MR) is 202 cm³/mol. The average Bonchev–Trinajstić information content (AvgIpc) is 3.67. The maximum absolute atomic E-state index is 10.0. The van der Waals surface area contributed by atoms with Crippen LogP contribution in [0.1, 0.15) is 11.1 Å². The Kier molecular flexibility index (Phi) is 6.44. The first-order valence-electron chi connectivity index (χ1n) is 16.3. The number of nitriles is 1. The summed E-state index contributed by atoms with van der Waals surface area (Å²) in [6.45, 7) is 10.3. The minimum atomic E-state index is 0.599. The van der Waals surface area contributed by atoms with Crippen molar-refractivity contribution < 1.29 is 0 Å². The lowest BCUT2D eigenvalue weighted by molar-refractivity contribution is 1.18. The van der Waals surface area contributed by atoms with Crippen LogP contribution in [0.15, 0.2) is 152 Å². The molecule has 2 heterocycles. The molecule has 0 atom stereocenters. The van der Waals surface area contributed by atoms with Crippen LogP contribution in [0.4, 0.5) is 5.69 Å². The van der Waals surface area contributed by atoms with Crippen LogP contribution in [0.2, 0.25) is 0 Å². The van der Waals surface area contributed by atoms with Gasteiger partial charge in [-0.15, -0.1) is 0 Å². The first-order chi connectivity index (χ1) is 24.2. The summed E-state index contributed by atoms with van der Waals surface area (Å²) >= 11 is 0. The molecule has 9 aromatic rings. The number of fused-ring (bicyclic) bond motifs is 6. The second-order valence-electron chi connectivity index (χ2n) is 12.4. The molecule has 0 saturated heterocycles. The fraction of sp³-hybridized carbons (Fsp3) is 0.0222. The Morgan fingerprint density at radius 1 is 0.551 bits per heavy atom. The number of aryl methyl sites for hydroxylation is 1. The van der Waals surface area contributed by atoms with E-state index < -0.39 is 0 Å². The molecule has 9 rings (SSSR count). The van der Waals surface area contributed by atoms with Gasteiger partial charge in [-0.25, -0.2) is 4.85 Å². The van der Waals surface area contributed by atoms with Crippen molar-refractivity contribution in [3.05, 3.63) is 174 Å². The Balaban J connectivity index is 1.29. The van der Waals surface area contributed by atoms with E-state index in [0.29, 0.717) is 11.3 Å². The Morgan fingerprint density at radius 3 is 1.94 bits per heavy atom. The van der Waals surface area contributed by atoms with Crippen LogP contribution < -0.4 is 0 Å². The molecule has 2 aromatic heterocycles. The number of hydrogen-bond donors (Lipinski definition) is 0. The van der Waals surface area contributed by atoms with Crippen LogP contribution in [0.5, 0.6) is 0 Å². The number of rotatable bonds is 4. The van der Waals surface area contributed by atoms with Crippen molar-refractivity contribution in [2.24, 2.45) is 0 Å². The van der Waals surface area contributed by atoms with E-state index in [0.717, 1.165) is 82.8 Å². The van der Waals surface area contributed by atoms with Gasteiger partial charge in [0.05, 0.1) is 46.0 Å². The van der Waals surface area contributed by atoms with E-state index in [9.17, 15) is 5.26 Å². The van der Waals surface area contributed by atoms with E-state index >= 15 is 0 Å². The summed E-state index contributed by atoms with van der Waals surface area (Å²) in [6.07, 6.45) is 0. The Morgan fingerprint density at radius 2 is 1.18 bits per heavy atom. The molecular weight excluding hydrogens is 597 g/mol.